The summed E-state index contributed by atoms with van der Waals surface area (Å²) < 4.78 is 9.21. The highest BCUT2D eigenvalue weighted by molar-refractivity contribution is 9.11. The Hall–Kier alpha value is -3.74. The number of aromatic hydroxyl groups is 4. The average Bonchev–Trinajstić information content (AvgIpc) is 2.74. The van der Waals surface area contributed by atoms with Crippen LogP contribution < -0.4 is 32.2 Å². The Morgan fingerprint density at radius 1 is 0.912 bits per heavy atom. The molecule has 1 aromatic carbocycles. The number of benzene rings is 1. The summed E-state index contributed by atoms with van der Waals surface area (Å²) in [6.07, 6.45) is 0. The predicted molar refractivity (Wildman–Crippen MR) is 119 cm³/mol. The fourth-order valence-corrected chi connectivity index (χ4v) is 3.13. The number of phenolic OH excluding ortho intramolecular Hbond substituents is 3. The number of aromatic nitrogens is 4. The topological polar surface area (TPSA) is 283 Å². The highest BCUT2D eigenvalue weighted by Crippen LogP contribution is 2.54. The summed E-state index contributed by atoms with van der Waals surface area (Å²) in [5.41, 5.74) is 7.73. The number of H-pyrrole nitrogens is 2. The number of hydrogen-bond donors (Lipinski definition) is 10. The van der Waals surface area contributed by atoms with E-state index in [-0.39, 0.29) is 8.95 Å². The van der Waals surface area contributed by atoms with Crippen molar-refractivity contribution in [1.29, 1.82) is 0 Å². The lowest BCUT2D eigenvalue weighted by Gasteiger charge is -2.24. The molecule has 0 unspecified atom stereocenters. The number of aromatic amines is 2. The van der Waals surface area contributed by atoms with Crippen molar-refractivity contribution in [2.45, 2.75) is 5.97 Å². The minimum Gasteiger partial charge on any atom is -0.505 e. The van der Waals surface area contributed by atoms with Gasteiger partial charge in [0.05, 0.1) is 21.3 Å². The SMILES string of the molecule is Nc1[nH]c(=O)nc(OC(O)(O)COc2nc(O)c(Br)c(=O)[nH]2)c1-c1c(O)c(N)c(Br)c(O)c1O. The number of nitrogen functional groups attached to an aromatic ring is 2. The van der Waals surface area contributed by atoms with E-state index in [0.717, 1.165) is 0 Å². The molecular weight excluding hydrogens is 596 g/mol. The summed E-state index contributed by atoms with van der Waals surface area (Å²) in [4.78, 5) is 34.4. The number of nitrogens with two attached hydrogens (primary N) is 2. The van der Waals surface area contributed by atoms with Crippen LogP contribution in [0.5, 0.6) is 35.0 Å². The second-order valence-corrected chi connectivity index (χ2v) is 8.01. The van der Waals surface area contributed by atoms with Crippen molar-refractivity contribution in [2.24, 2.45) is 0 Å². The van der Waals surface area contributed by atoms with Crippen LogP contribution in [0.2, 0.25) is 0 Å². The van der Waals surface area contributed by atoms with Gasteiger partial charge >= 0.3 is 11.7 Å². The second kappa shape index (κ2) is 8.89. The van der Waals surface area contributed by atoms with Crippen LogP contribution in [0.4, 0.5) is 11.5 Å². The highest BCUT2D eigenvalue weighted by Gasteiger charge is 2.34. The largest absolute Gasteiger partial charge is 0.505 e. The maximum absolute atomic E-state index is 11.8. The molecule has 0 fully saturated rings. The van der Waals surface area contributed by atoms with Crippen LogP contribution in [0.3, 0.4) is 0 Å². The van der Waals surface area contributed by atoms with Crippen molar-refractivity contribution < 1.29 is 40.1 Å². The molecule has 0 aliphatic carbocycles. The molecule has 0 atom stereocenters. The Balaban J connectivity index is 2.04. The smallest absolute Gasteiger partial charge is 0.359 e. The third kappa shape index (κ3) is 4.64. The van der Waals surface area contributed by atoms with Gasteiger partial charge < -0.3 is 51.6 Å². The zero-order valence-corrected chi connectivity index (χ0v) is 19.5. The van der Waals surface area contributed by atoms with E-state index in [9.17, 15) is 40.2 Å². The van der Waals surface area contributed by atoms with E-state index >= 15 is 0 Å². The molecule has 2 aromatic heterocycles. The van der Waals surface area contributed by atoms with Gasteiger partial charge in [-0.25, -0.2) is 4.79 Å². The number of hydrogen-bond acceptors (Lipinski definition) is 14. The molecule has 34 heavy (non-hydrogen) atoms. The fraction of sp³-hybridized carbons (Fsp3) is 0.125. The minimum atomic E-state index is -3.29. The second-order valence-electron chi connectivity index (χ2n) is 6.43. The van der Waals surface area contributed by atoms with Crippen LogP contribution in [0, 0.1) is 0 Å². The highest BCUT2D eigenvalue weighted by atomic mass is 79.9. The van der Waals surface area contributed by atoms with Gasteiger partial charge in [-0.15, -0.1) is 0 Å². The summed E-state index contributed by atoms with van der Waals surface area (Å²) in [6.45, 7) is -1.18. The predicted octanol–water partition coefficient (Wildman–Crippen LogP) is -0.872. The molecule has 0 spiro atoms. The number of ether oxygens (including phenoxy) is 2. The van der Waals surface area contributed by atoms with Gasteiger partial charge in [0.2, 0.25) is 11.8 Å². The van der Waals surface area contributed by atoms with E-state index in [1.54, 1.807) is 0 Å². The number of nitrogens with one attached hydrogen (secondary N) is 2. The molecule has 0 amide bonds. The summed E-state index contributed by atoms with van der Waals surface area (Å²) in [5.74, 6) is -8.21. The summed E-state index contributed by atoms with van der Waals surface area (Å²) in [7, 11) is 0. The Morgan fingerprint density at radius 3 is 2.18 bits per heavy atom. The zero-order valence-electron chi connectivity index (χ0n) is 16.3. The number of aliphatic hydroxyl groups is 2. The molecule has 2 heterocycles. The summed E-state index contributed by atoms with van der Waals surface area (Å²) in [5, 5.41) is 60.7. The Morgan fingerprint density at radius 2 is 1.56 bits per heavy atom. The molecule has 0 saturated heterocycles. The van der Waals surface area contributed by atoms with Gasteiger partial charge in [0.1, 0.15) is 10.3 Å². The van der Waals surface area contributed by atoms with Crippen molar-refractivity contribution in [3.05, 3.63) is 29.8 Å². The third-order valence-corrected chi connectivity index (χ3v) is 5.57. The lowest BCUT2D eigenvalue weighted by atomic mass is 10.0. The molecule has 3 aromatic rings. The van der Waals surface area contributed by atoms with Crippen molar-refractivity contribution in [2.75, 3.05) is 18.1 Å². The molecule has 0 aliphatic heterocycles. The van der Waals surface area contributed by atoms with E-state index in [0.29, 0.717) is 0 Å². The molecule has 0 radical (unpaired) electrons. The number of anilines is 2. The van der Waals surface area contributed by atoms with Crippen molar-refractivity contribution >= 4 is 43.4 Å². The molecule has 0 aliphatic rings. The monoisotopic (exact) mass is 608 g/mol. The molecule has 3 rings (SSSR count). The lowest BCUT2D eigenvalue weighted by molar-refractivity contribution is -0.305. The van der Waals surface area contributed by atoms with Crippen LogP contribution >= 0.6 is 31.9 Å². The zero-order chi connectivity index (χ0) is 25.5. The molecule has 0 saturated carbocycles. The van der Waals surface area contributed by atoms with E-state index in [2.05, 4.69) is 46.8 Å². The van der Waals surface area contributed by atoms with E-state index < -0.39 is 81.5 Å². The van der Waals surface area contributed by atoms with Gasteiger partial charge in [0.25, 0.3) is 11.6 Å². The van der Waals surface area contributed by atoms with Gasteiger partial charge in [-0.3, -0.25) is 14.8 Å². The molecule has 182 valence electrons. The van der Waals surface area contributed by atoms with E-state index in [1.165, 1.54) is 0 Å². The van der Waals surface area contributed by atoms with E-state index in [1.807, 2.05) is 4.98 Å². The van der Waals surface area contributed by atoms with Crippen LogP contribution in [0.1, 0.15) is 0 Å². The molecule has 18 heteroatoms. The third-order valence-electron chi connectivity index (χ3n) is 4.06. The van der Waals surface area contributed by atoms with Gasteiger partial charge in [-0.2, -0.15) is 9.97 Å². The molecule has 16 nitrogen and oxygen atoms in total. The van der Waals surface area contributed by atoms with Crippen LogP contribution in [-0.4, -0.2) is 63.2 Å². The maximum atomic E-state index is 11.8. The fourth-order valence-electron chi connectivity index (χ4n) is 2.56. The van der Waals surface area contributed by atoms with Crippen molar-refractivity contribution in [3.8, 4) is 46.1 Å². The first-order chi connectivity index (χ1) is 15.7. The van der Waals surface area contributed by atoms with Gasteiger partial charge in [0.15, 0.2) is 23.9 Å². The van der Waals surface area contributed by atoms with Crippen molar-refractivity contribution in [1.82, 2.24) is 19.9 Å². The van der Waals surface area contributed by atoms with Crippen LogP contribution in [0.15, 0.2) is 18.5 Å². The van der Waals surface area contributed by atoms with Gasteiger partial charge in [-0.1, -0.05) is 0 Å². The quantitative estimate of drug-likeness (QED) is 0.0703. The maximum Gasteiger partial charge on any atom is 0.359 e. The normalized spacial score (nSPS) is 11.4. The van der Waals surface area contributed by atoms with Gasteiger partial charge in [0, 0.05) is 0 Å². The Kier molecular flexibility index (Phi) is 6.51. The first-order valence-corrected chi connectivity index (χ1v) is 10.2. The average molecular weight is 610 g/mol. The number of nitrogens with zero attached hydrogens (tertiary/aromatic N) is 2. The lowest BCUT2D eigenvalue weighted by Crippen LogP contribution is -2.43. The number of rotatable bonds is 6. The van der Waals surface area contributed by atoms with Crippen molar-refractivity contribution in [3.63, 3.8) is 0 Å². The first-order valence-electron chi connectivity index (χ1n) is 8.60. The Bertz CT molecular complexity index is 1380. The minimum absolute atomic E-state index is 0.268. The molecule has 12 N–H and O–H groups in total. The number of halogens is 2. The molecule has 0 bridgehead atoms. The molecular formula is C16H14Br2N6O10. The standard InChI is InChI=1S/C16H14Br2N6O10/c17-4-6(19)7(25)2(8(26)9(4)27)3-10(20)21-14(30)24-13(3)34-16(31,32)1-33-15-22-11(28)5(18)12(29)23-15/h25-27,31-32H,1,19H2,(H3,20,21,24,30)(H2,22,23,28,29). The van der Waals surface area contributed by atoms with Crippen LogP contribution in [-0.2, 0) is 0 Å². The Labute approximate surface area is 203 Å². The van der Waals surface area contributed by atoms with Gasteiger partial charge in [-0.05, 0) is 31.9 Å². The first kappa shape index (κ1) is 24.9. The van der Waals surface area contributed by atoms with Crippen LogP contribution in [0.25, 0.3) is 11.1 Å². The van der Waals surface area contributed by atoms with E-state index in [4.69, 9.17) is 20.9 Å². The number of phenols is 3. The summed E-state index contributed by atoms with van der Waals surface area (Å²) >= 11 is 5.62. The summed E-state index contributed by atoms with van der Waals surface area (Å²) in [6, 6.07) is -0.638.